The van der Waals surface area contributed by atoms with E-state index in [2.05, 4.69) is 72.0 Å². The summed E-state index contributed by atoms with van der Waals surface area (Å²) in [5.41, 5.74) is 3.21. The van der Waals surface area contributed by atoms with Crippen molar-refractivity contribution in [1.82, 2.24) is 9.78 Å². The van der Waals surface area contributed by atoms with Gasteiger partial charge in [0, 0.05) is 22.6 Å². The Kier molecular flexibility index (Phi) is 3.29. The first-order chi connectivity index (χ1) is 9.13. The minimum absolute atomic E-state index is 1.03. The van der Waals surface area contributed by atoms with E-state index in [-0.39, 0.29) is 0 Å². The van der Waals surface area contributed by atoms with E-state index in [4.69, 9.17) is 0 Å². The number of aryl methyl sites for hydroxylation is 1. The Morgan fingerprint density at radius 3 is 2.68 bits per heavy atom. The number of nitrogens with one attached hydrogen (secondary N) is 1. The molecule has 1 unspecified atom stereocenters. The second-order valence-corrected chi connectivity index (χ2v) is 5.93. The molecule has 3 nitrogen and oxygen atoms in total. The Bertz CT molecular complexity index is 734. The van der Waals surface area contributed by atoms with Gasteiger partial charge in [0.05, 0.1) is 17.4 Å². The van der Waals surface area contributed by atoms with Gasteiger partial charge in [0.1, 0.15) is 0 Å². The molecule has 0 saturated heterocycles. The lowest BCUT2D eigenvalue weighted by molar-refractivity contribution is 0.797. The lowest BCUT2D eigenvalue weighted by atomic mass is 10.2. The van der Waals surface area contributed by atoms with Gasteiger partial charge in [-0.3, -0.25) is 4.68 Å². The minimum Gasteiger partial charge on any atom is -0.355 e. The van der Waals surface area contributed by atoms with Gasteiger partial charge in [-0.2, -0.15) is 5.10 Å². The summed E-state index contributed by atoms with van der Waals surface area (Å²) in [6.07, 6.45) is 1.87. The van der Waals surface area contributed by atoms with Crippen molar-refractivity contribution in [3.05, 3.63) is 47.1 Å². The van der Waals surface area contributed by atoms with Crippen LogP contribution in [0, 0.1) is 0 Å². The predicted molar refractivity (Wildman–Crippen MR) is 87.5 cm³/mol. The average Bonchev–Trinajstić information content (AvgIpc) is 2.74. The predicted octanol–water partition coefficient (Wildman–Crippen LogP) is 3.58. The molecule has 0 saturated carbocycles. The highest BCUT2D eigenvalue weighted by molar-refractivity contribution is 9.10. The summed E-state index contributed by atoms with van der Waals surface area (Å²) >= 11 is 3.60. The van der Waals surface area contributed by atoms with Crippen LogP contribution in [0.3, 0.4) is 0 Å². The highest BCUT2D eigenvalue weighted by Gasteiger charge is 2.06. The first-order valence-corrected chi connectivity index (χ1v) is 7.24. The zero-order valence-corrected chi connectivity index (χ0v) is 13.1. The molecule has 1 N–H and O–H groups in total. The molecule has 1 atom stereocenters. The molecule has 19 heavy (non-hydrogen) atoms. The maximum Gasteiger partial charge on any atom is 0.0691 e. The zero-order chi connectivity index (χ0) is 13.4. The van der Waals surface area contributed by atoms with Gasteiger partial charge in [-0.1, -0.05) is 12.1 Å². The standard InChI is InChI=1S/C14H13BrN3P/c1-18-14-7-12(15)13(6-9(14)8-16-18)17-10-2-4-11(19)5-3-10/h2-8,17H,19H2,1H3. The van der Waals surface area contributed by atoms with Crippen LogP contribution in [0.5, 0.6) is 0 Å². The molecule has 1 heterocycles. The van der Waals surface area contributed by atoms with Crippen LogP contribution in [0.1, 0.15) is 0 Å². The second kappa shape index (κ2) is 4.95. The summed E-state index contributed by atoms with van der Waals surface area (Å²) < 4.78 is 2.89. The first-order valence-electron chi connectivity index (χ1n) is 5.87. The Balaban J connectivity index is 2.00. The van der Waals surface area contributed by atoms with E-state index in [1.165, 1.54) is 5.30 Å². The Hall–Kier alpha value is -1.38. The molecule has 5 heteroatoms. The summed E-state index contributed by atoms with van der Waals surface area (Å²) in [5, 5.41) is 9.96. The molecule has 3 aromatic rings. The third kappa shape index (κ3) is 2.51. The summed E-state index contributed by atoms with van der Waals surface area (Å²) in [6, 6.07) is 12.4. The van der Waals surface area contributed by atoms with Crippen LogP contribution in [0.25, 0.3) is 10.9 Å². The number of rotatable bonds is 2. The van der Waals surface area contributed by atoms with Gasteiger partial charge in [-0.15, -0.1) is 9.24 Å². The van der Waals surface area contributed by atoms with Crippen molar-refractivity contribution in [2.75, 3.05) is 5.32 Å². The molecule has 3 rings (SSSR count). The van der Waals surface area contributed by atoms with Crippen LogP contribution in [0.4, 0.5) is 11.4 Å². The van der Waals surface area contributed by atoms with Crippen LogP contribution in [-0.2, 0) is 7.05 Å². The molecular weight excluding hydrogens is 321 g/mol. The van der Waals surface area contributed by atoms with Crippen LogP contribution in [0.2, 0.25) is 0 Å². The van der Waals surface area contributed by atoms with Gasteiger partial charge >= 0.3 is 0 Å². The van der Waals surface area contributed by atoms with E-state index in [0.717, 1.165) is 26.8 Å². The maximum absolute atomic E-state index is 4.26. The van der Waals surface area contributed by atoms with Gasteiger partial charge in [0.25, 0.3) is 0 Å². The number of nitrogens with zero attached hydrogens (tertiary/aromatic N) is 2. The fourth-order valence-electron chi connectivity index (χ4n) is 1.99. The average molecular weight is 334 g/mol. The smallest absolute Gasteiger partial charge is 0.0691 e. The van der Waals surface area contributed by atoms with Gasteiger partial charge in [0.15, 0.2) is 0 Å². The highest BCUT2D eigenvalue weighted by atomic mass is 79.9. The summed E-state index contributed by atoms with van der Waals surface area (Å²) in [7, 11) is 4.63. The van der Waals surface area contributed by atoms with E-state index in [0.29, 0.717) is 0 Å². The van der Waals surface area contributed by atoms with Gasteiger partial charge < -0.3 is 5.32 Å². The number of hydrogen-bond acceptors (Lipinski definition) is 2. The Labute approximate surface area is 122 Å². The van der Waals surface area contributed by atoms with Crippen LogP contribution < -0.4 is 10.6 Å². The fourth-order valence-corrected chi connectivity index (χ4v) is 2.61. The van der Waals surface area contributed by atoms with Crippen LogP contribution in [0.15, 0.2) is 47.1 Å². The SMILES string of the molecule is Cn1ncc2cc(Nc3ccc(P)cc3)c(Br)cc21. The molecular formula is C14H13BrN3P. The van der Waals surface area contributed by atoms with Crippen molar-refractivity contribution in [3.63, 3.8) is 0 Å². The first kappa shape index (κ1) is 12.6. The highest BCUT2D eigenvalue weighted by Crippen LogP contribution is 2.30. The molecule has 0 spiro atoms. The van der Waals surface area contributed by atoms with Crippen molar-refractivity contribution in [2.45, 2.75) is 0 Å². The van der Waals surface area contributed by atoms with Gasteiger partial charge in [-0.25, -0.2) is 0 Å². The minimum atomic E-state index is 1.03. The van der Waals surface area contributed by atoms with Crippen molar-refractivity contribution < 1.29 is 0 Å². The zero-order valence-electron chi connectivity index (χ0n) is 10.4. The number of aromatic nitrogens is 2. The molecule has 0 amide bonds. The molecule has 1 aromatic heterocycles. The Morgan fingerprint density at radius 2 is 1.95 bits per heavy atom. The van der Waals surface area contributed by atoms with Crippen molar-refractivity contribution in [2.24, 2.45) is 7.05 Å². The lowest BCUT2D eigenvalue weighted by Gasteiger charge is -2.09. The van der Waals surface area contributed by atoms with E-state index in [1.807, 2.05) is 17.9 Å². The van der Waals surface area contributed by atoms with Crippen molar-refractivity contribution in [1.29, 1.82) is 0 Å². The molecule has 0 radical (unpaired) electrons. The third-order valence-electron chi connectivity index (χ3n) is 3.02. The quantitative estimate of drug-likeness (QED) is 0.726. The number of halogens is 1. The monoisotopic (exact) mass is 333 g/mol. The molecule has 0 aliphatic heterocycles. The summed E-state index contributed by atoms with van der Waals surface area (Å²) in [5.74, 6) is 0. The van der Waals surface area contributed by atoms with E-state index in [1.54, 1.807) is 0 Å². The Morgan fingerprint density at radius 1 is 1.21 bits per heavy atom. The normalized spacial score (nSPS) is 10.9. The number of anilines is 2. The second-order valence-electron chi connectivity index (χ2n) is 4.41. The summed E-state index contributed by atoms with van der Waals surface area (Å²) in [4.78, 5) is 0. The number of benzene rings is 2. The van der Waals surface area contributed by atoms with Crippen LogP contribution >= 0.6 is 25.2 Å². The largest absolute Gasteiger partial charge is 0.355 e. The fraction of sp³-hybridized carbons (Fsp3) is 0.0714. The number of fused-ring (bicyclic) bond motifs is 1. The topological polar surface area (TPSA) is 29.9 Å². The molecule has 0 aliphatic rings. The van der Waals surface area contributed by atoms with Gasteiger partial charge in [-0.05, 0) is 45.5 Å². The van der Waals surface area contributed by atoms with Crippen molar-refractivity contribution in [3.8, 4) is 0 Å². The van der Waals surface area contributed by atoms with E-state index < -0.39 is 0 Å². The molecule has 2 aromatic carbocycles. The van der Waals surface area contributed by atoms with Gasteiger partial charge in [0.2, 0.25) is 0 Å². The van der Waals surface area contributed by atoms with Crippen LogP contribution in [-0.4, -0.2) is 9.78 Å². The number of hydrogen-bond donors (Lipinski definition) is 1. The molecule has 96 valence electrons. The molecule has 0 aliphatic carbocycles. The van der Waals surface area contributed by atoms with E-state index in [9.17, 15) is 0 Å². The van der Waals surface area contributed by atoms with Crippen molar-refractivity contribution >= 4 is 52.8 Å². The molecule has 0 bridgehead atoms. The molecule has 0 fully saturated rings. The maximum atomic E-state index is 4.26. The van der Waals surface area contributed by atoms with E-state index >= 15 is 0 Å². The third-order valence-corrected chi connectivity index (χ3v) is 4.07. The summed E-state index contributed by atoms with van der Waals surface area (Å²) in [6.45, 7) is 0. The lowest BCUT2D eigenvalue weighted by Crippen LogP contribution is -1.95.